The number of likely N-dealkylation sites (tertiary alicyclic amines) is 1. The second kappa shape index (κ2) is 6.80. The number of hydrogen-bond donors (Lipinski definition) is 1. The van der Waals surface area contributed by atoms with Gasteiger partial charge in [-0.1, -0.05) is 12.8 Å². The summed E-state index contributed by atoms with van der Waals surface area (Å²) in [5.74, 6) is -0.818. The van der Waals surface area contributed by atoms with Gasteiger partial charge in [0.1, 0.15) is 0 Å². The summed E-state index contributed by atoms with van der Waals surface area (Å²) in [6.45, 7) is 3.43. The summed E-state index contributed by atoms with van der Waals surface area (Å²) in [5.41, 5.74) is -0.580. The molecule has 2 aliphatic heterocycles. The maximum absolute atomic E-state index is 12.4. The van der Waals surface area contributed by atoms with Crippen molar-refractivity contribution in [3.63, 3.8) is 0 Å². The number of carbonyl (C=O) groups is 2. The Kier molecular flexibility index (Phi) is 4.74. The molecule has 7 heteroatoms. The number of carbonyl (C=O) groups excluding carboxylic acids is 2. The van der Waals surface area contributed by atoms with Crippen LogP contribution in [0.1, 0.15) is 45.4 Å². The number of amides is 1. The largest absolute Gasteiger partial charge is 0.466 e. The van der Waals surface area contributed by atoms with Crippen LogP contribution in [-0.2, 0) is 14.3 Å². The van der Waals surface area contributed by atoms with E-state index in [0.717, 1.165) is 45.1 Å². The van der Waals surface area contributed by atoms with Crippen molar-refractivity contribution in [2.45, 2.75) is 51.0 Å². The molecule has 1 saturated heterocycles. The molecule has 2 fully saturated rings. The molecule has 1 N–H and O–H groups in total. The molecule has 1 aliphatic carbocycles. The molecular weight excluding hydrogens is 308 g/mol. The summed E-state index contributed by atoms with van der Waals surface area (Å²) in [5, 5.41) is 12.2. The first-order valence-electron chi connectivity index (χ1n) is 8.81. The van der Waals surface area contributed by atoms with Gasteiger partial charge in [-0.15, -0.1) is 0 Å². The van der Waals surface area contributed by atoms with Gasteiger partial charge in [0, 0.05) is 13.1 Å². The Morgan fingerprint density at radius 1 is 1.46 bits per heavy atom. The van der Waals surface area contributed by atoms with Crippen LogP contribution in [0.25, 0.3) is 0 Å². The van der Waals surface area contributed by atoms with E-state index in [1.54, 1.807) is 6.92 Å². The van der Waals surface area contributed by atoms with E-state index in [-0.39, 0.29) is 17.8 Å². The molecule has 3 aliphatic rings. The van der Waals surface area contributed by atoms with E-state index in [9.17, 15) is 14.9 Å². The van der Waals surface area contributed by atoms with Crippen molar-refractivity contribution in [1.82, 2.24) is 10.2 Å². The van der Waals surface area contributed by atoms with Crippen molar-refractivity contribution in [2.75, 3.05) is 19.7 Å². The molecule has 0 unspecified atom stereocenters. The zero-order chi connectivity index (χ0) is 17.2. The monoisotopic (exact) mass is 332 g/mol. The summed E-state index contributed by atoms with van der Waals surface area (Å²) in [7, 11) is 0. The minimum absolute atomic E-state index is 0.185. The van der Waals surface area contributed by atoms with Crippen molar-refractivity contribution < 1.29 is 14.3 Å². The van der Waals surface area contributed by atoms with Gasteiger partial charge in [-0.2, -0.15) is 5.26 Å². The average molecular weight is 332 g/mol. The molecule has 0 radical (unpaired) electrons. The zero-order valence-corrected chi connectivity index (χ0v) is 14.1. The van der Waals surface area contributed by atoms with Crippen LogP contribution in [0.3, 0.4) is 0 Å². The maximum Gasteiger partial charge on any atom is 0.310 e. The molecule has 2 atom stereocenters. The molecule has 7 nitrogen and oxygen atoms in total. The van der Waals surface area contributed by atoms with Crippen molar-refractivity contribution >= 4 is 17.8 Å². The third-order valence-electron chi connectivity index (χ3n) is 5.30. The maximum atomic E-state index is 12.4. The number of rotatable bonds is 2. The van der Waals surface area contributed by atoms with Gasteiger partial charge in [0.15, 0.2) is 5.92 Å². The minimum atomic E-state index is -0.714. The molecule has 130 valence electrons. The number of piperidine rings is 1. The van der Waals surface area contributed by atoms with Crippen LogP contribution >= 0.6 is 0 Å². The Morgan fingerprint density at radius 3 is 2.88 bits per heavy atom. The molecule has 24 heavy (non-hydrogen) atoms. The Balaban J connectivity index is 1.80. The zero-order valence-electron chi connectivity index (χ0n) is 14.1. The fourth-order valence-corrected chi connectivity index (χ4v) is 4.07. The van der Waals surface area contributed by atoms with E-state index in [2.05, 4.69) is 11.4 Å². The van der Waals surface area contributed by atoms with E-state index in [0.29, 0.717) is 19.1 Å². The molecule has 0 aromatic carbocycles. The highest BCUT2D eigenvalue weighted by Gasteiger charge is 2.49. The molecule has 2 heterocycles. The summed E-state index contributed by atoms with van der Waals surface area (Å²) in [6, 6.07) is 2.14. The van der Waals surface area contributed by atoms with Gasteiger partial charge in [-0.25, -0.2) is 4.99 Å². The van der Waals surface area contributed by atoms with Crippen molar-refractivity contribution in [2.24, 2.45) is 16.8 Å². The van der Waals surface area contributed by atoms with Crippen LogP contribution in [0.5, 0.6) is 0 Å². The first-order valence-corrected chi connectivity index (χ1v) is 8.81. The van der Waals surface area contributed by atoms with Gasteiger partial charge >= 0.3 is 5.97 Å². The first kappa shape index (κ1) is 16.7. The van der Waals surface area contributed by atoms with Crippen LogP contribution in [0.2, 0.25) is 0 Å². The fraction of sp³-hybridized carbons (Fsp3) is 0.765. The highest BCUT2D eigenvalue weighted by atomic mass is 16.5. The highest BCUT2D eigenvalue weighted by molar-refractivity contribution is 6.02. The van der Waals surface area contributed by atoms with Gasteiger partial charge < -0.3 is 9.64 Å². The van der Waals surface area contributed by atoms with Crippen LogP contribution in [-0.4, -0.2) is 48.0 Å². The number of nitrogens with one attached hydrogen (secondary N) is 1. The number of aliphatic imine (C=N–C) groups is 1. The lowest BCUT2D eigenvalue weighted by molar-refractivity contribution is -0.149. The predicted octanol–water partition coefficient (Wildman–Crippen LogP) is 1.20. The number of nitriles is 1. The molecule has 1 spiro atoms. The quantitative estimate of drug-likeness (QED) is 0.767. The molecule has 1 amide bonds. The van der Waals surface area contributed by atoms with E-state index < -0.39 is 11.5 Å². The predicted molar refractivity (Wildman–Crippen MR) is 86.8 cm³/mol. The van der Waals surface area contributed by atoms with Crippen molar-refractivity contribution in [1.29, 1.82) is 5.26 Å². The Morgan fingerprint density at radius 2 is 2.21 bits per heavy atom. The number of esters is 1. The van der Waals surface area contributed by atoms with E-state index in [4.69, 9.17) is 9.73 Å². The van der Waals surface area contributed by atoms with E-state index in [1.807, 2.05) is 4.90 Å². The Hall–Kier alpha value is -2.10. The van der Waals surface area contributed by atoms with Gasteiger partial charge in [0.05, 0.1) is 24.1 Å². The molecule has 0 aromatic rings. The standard InChI is InChI=1S/C17H24N4O3/c1-2-24-15(23)12-6-5-9-21(11-12)16-19-14(22)13(10-18)17(20-16)7-3-4-8-17/h12-13H,2-9,11H2,1H3,(H,19,20,22)/t12-,13-/m0/s1. The number of ether oxygens (including phenoxy) is 1. The minimum Gasteiger partial charge on any atom is -0.466 e. The number of nitrogens with zero attached hydrogens (tertiary/aromatic N) is 3. The van der Waals surface area contributed by atoms with Gasteiger partial charge in [0.2, 0.25) is 11.9 Å². The van der Waals surface area contributed by atoms with Gasteiger partial charge in [-0.3, -0.25) is 14.9 Å². The molecule has 0 aromatic heterocycles. The fourth-order valence-electron chi connectivity index (χ4n) is 4.07. The normalized spacial score (nSPS) is 28.9. The highest BCUT2D eigenvalue weighted by Crippen LogP contribution is 2.41. The summed E-state index contributed by atoms with van der Waals surface area (Å²) >= 11 is 0. The summed E-state index contributed by atoms with van der Waals surface area (Å²) < 4.78 is 5.13. The molecular formula is C17H24N4O3. The Bertz CT molecular complexity index is 589. The second-order valence-electron chi connectivity index (χ2n) is 6.83. The van der Waals surface area contributed by atoms with Crippen molar-refractivity contribution in [3.05, 3.63) is 0 Å². The van der Waals surface area contributed by atoms with Gasteiger partial charge in [0.25, 0.3) is 0 Å². The number of hydrogen-bond acceptors (Lipinski definition) is 6. The van der Waals surface area contributed by atoms with Crippen LogP contribution in [0, 0.1) is 23.2 Å². The second-order valence-corrected chi connectivity index (χ2v) is 6.83. The lowest BCUT2D eigenvalue weighted by Crippen LogP contribution is -2.58. The van der Waals surface area contributed by atoms with Crippen LogP contribution < -0.4 is 5.32 Å². The summed E-state index contributed by atoms with van der Waals surface area (Å²) in [4.78, 5) is 31.2. The molecule has 0 bridgehead atoms. The van der Waals surface area contributed by atoms with Crippen molar-refractivity contribution in [3.8, 4) is 6.07 Å². The molecule has 1 saturated carbocycles. The van der Waals surface area contributed by atoms with Crippen LogP contribution in [0.15, 0.2) is 4.99 Å². The lowest BCUT2D eigenvalue weighted by atomic mass is 9.82. The number of guanidine groups is 1. The first-order chi connectivity index (χ1) is 11.6. The average Bonchev–Trinajstić information content (AvgIpc) is 3.03. The van der Waals surface area contributed by atoms with E-state index in [1.165, 1.54) is 0 Å². The lowest BCUT2D eigenvalue weighted by Gasteiger charge is -2.40. The third kappa shape index (κ3) is 2.97. The Labute approximate surface area is 142 Å². The van der Waals surface area contributed by atoms with E-state index >= 15 is 0 Å². The third-order valence-corrected chi connectivity index (χ3v) is 5.30. The topological polar surface area (TPSA) is 94.8 Å². The van der Waals surface area contributed by atoms with Crippen LogP contribution in [0.4, 0.5) is 0 Å². The SMILES string of the molecule is CCOC(=O)[C@H]1CCCN(C2=NC3(CCCC3)[C@@H](C#N)C(=O)N2)C1. The summed E-state index contributed by atoms with van der Waals surface area (Å²) in [6.07, 6.45) is 5.19. The smallest absolute Gasteiger partial charge is 0.310 e. The van der Waals surface area contributed by atoms with Gasteiger partial charge in [-0.05, 0) is 32.6 Å². The molecule has 3 rings (SSSR count).